The van der Waals surface area contributed by atoms with Gasteiger partial charge in [0.05, 0.1) is 30.1 Å². The van der Waals surface area contributed by atoms with Crippen LogP contribution in [-0.2, 0) is 16.0 Å². The molecule has 6 rings (SSSR count). The first-order chi connectivity index (χ1) is 17.2. The molecule has 8 heteroatoms. The Labute approximate surface area is 224 Å². The quantitative estimate of drug-likeness (QED) is 0.443. The van der Waals surface area contributed by atoms with Crippen molar-refractivity contribution >= 4 is 17.6 Å². The Morgan fingerprint density at radius 3 is 2.41 bits per heavy atom. The van der Waals surface area contributed by atoms with Crippen LogP contribution in [0, 0.1) is 23.2 Å². The summed E-state index contributed by atoms with van der Waals surface area (Å²) in [5, 5.41) is 14.7. The predicted molar refractivity (Wildman–Crippen MR) is 142 cm³/mol. The minimum atomic E-state index is -0.601. The van der Waals surface area contributed by atoms with Gasteiger partial charge in [0.25, 0.3) is 0 Å². The lowest BCUT2D eigenvalue weighted by Crippen LogP contribution is -2.64. The first-order valence-corrected chi connectivity index (χ1v) is 13.7. The molecule has 4 fully saturated rings. The fourth-order valence-electron chi connectivity index (χ4n) is 8.70. The summed E-state index contributed by atoms with van der Waals surface area (Å²) in [6.45, 7) is 13.6. The van der Waals surface area contributed by atoms with Gasteiger partial charge in [0.2, 0.25) is 0 Å². The zero-order chi connectivity index (χ0) is 26.9. The maximum absolute atomic E-state index is 12.6. The van der Waals surface area contributed by atoms with E-state index < -0.39 is 11.6 Å². The van der Waals surface area contributed by atoms with E-state index in [1.165, 1.54) is 6.42 Å². The molecule has 4 aliphatic carbocycles. The number of hydrogen-bond donors (Lipinski definition) is 1. The third-order valence-corrected chi connectivity index (χ3v) is 8.68. The molecule has 0 spiro atoms. The number of hydrogen-bond acceptors (Lipinski definition) is 6. The standard InChI is InChI=1S/C29H40ClN3O4/c1-19-22(20-8-7-9-21(31-20)24(35)37-25(2,3)4)23(30)32-33(19)18-28-13-26(5)12-27(6,14-28)16-29(15-26,17-28)36-11-10-34/h7-9,34H,10-18H2,1-6H3. The molecule has 2 aromatic rings. The van der Waals surface area contributed by atoms with Crippen LogP contribution >= 0.6 is 11.6 Å². The van der Waals surface area contributed by atoms with Crippen LogP contribution in [0.2, 0.25) is 5.15 Å². The highest BCUT2D eigenvalue weighted by Gasteiger charge is 2.66. The largest absolute Gasteiger partial charge is 0.455 e. The molecule has 4 aliphatic rings. The van der Waals surface area contributed by atoms with E-state index in [4.69, 9.17) is 26.2 Å². The molecular formula is C29H40ClN3O4. The van der Waals surface area contributed by atoms with E-state index in [0.717, 1.165) is 49.9 Å². The second kappa shape index (κ2) is 8.78. The number of pyridine rings is 1. The number of aromatic nitrogens is 3. The number of ether oxygens (including phenoxy) is 2. The van der Waals surface area contributed by atoms with Crippen LogP contribution in [-0.4, -0.2) is 50.3 Å². The van der Waals surface area contributed by atoms with Crippen molar-refractivity contribution in [1.29, 1.82) is 0 Å². The molecule has 7 nitrogen and oxygen atoms in total. The molecule has 202 valence electrons. The molecular weight excluding hydrogens is 490 g/mol. The van der Waals surface area contributed by atoms with Crippen LogP contribution in [0.25, 0.3) is 11.3 Å². The van der Waals surface area contributed by atoms with E-state index >= 15 is 0 Å². The predicted octanol–water partition coefficient (Wildman–Crippen LogP) is 5.99. The van der Waals surface area contributed by atoms with E-state index in [2.05, 4.69) is 18.8 Å². The van der Waals surface area contributed by atoms with Gasteiger partial charge >= 0.3 is 5.97 Å². The van der Waals surface area contributed by atoms with Crippen LogP contribution in [0.3, 0.4) is 0 Å². The van der Waals surface area contributed by atoms with Crippen molar-refractivity contribution in [3.8, 4) is 11.3 Å². The molecule has 37 heavy (non-hydrogen) atoms. The molecule has 0 saturated heterocycles. The summed E-state index contributed by atoms with van der Waals surface area (Å²) >= 11 is 6.72. The number of esters is 1. The Morgan fingerprint density at radius 2 is 1.78 bits per heavy atom. The van der Waals surface area contributed by atoms with E-state index in [9.17, 15) is 9.90 Å². The van der Waals surface area contributed by atoms with E-state index in [1.54, 1.807) is 12.1 Å². The normalized spacial score (nSPS) is 32.6. The van der Waals surface area contributed by atoms with Crippen LogP contribution < -0.4 is 0 Å². The van der Waals surface area contributed by atoms with Gasteiger partial charge in [0.1, 0.15) is 11.3 Å². The van der Waals surface area contributed by atoms with Crippen molar-refractivity contribution < 1.29 is 19.4 Å². The maximum Gasteiger partial charge on any atom is 0.357 e. The number of rotatable bonds is 7. The number of aliphatic hydroxyl groups is 1. The fourth-order valence-corrected chi connectivity index (χ4v) is 9.03. The third kappa shape index (κ3) is 5.07. The molecule has 1 N–H and O–H groups in total. The van der Waals surface area contributed by atoms with Crippen molar-refractivity contribution in [3.05, 3.63) is 34.7 Å². The number of nitrogens with zero attached hydrogens (tertiary/aromatic N) is 3. The van der Waals surface area contributed by atoms with E-state index in [1.807, 2.05) is 38.4 Å². The summed E-state index contributed by atoms with van der Waals surface area (Å²) in [5.41, 5.74) is 2.26. The summed E-state index contributed by atoms with van der Waals surface area (Å²) in [6, 6.07) is 5.32. The Hall–Kier alpha value is -1.96. The molecule has 0 aromatic carbocycles. The summed E-state index contributed by atoms with van der Waals surface area (Å²) in [4.78, 5) is 17.2. The number of halogens is 1. The average Bonchev–Trinajstić information content (AvgIpc) is 3.00. The van der Waals surface area contributed by atoms with Gasteiger partial charge in [-0.1, -0.05) is 31.5 Å². The van der Waals surface area contributed by atoms with Crippen molar-refractivity contribution in [2.24, 2.45) is 16.2 Å². The average molecular weight is 530 g/mol. The zero-order valence-electron chi connectivity index (χ0n) is 23.0. The molecule has 4 bridgehead atoms. The van der Waals surface area contributed by atoms with Gasteiger partial charge in [0, 0.05) is 12.2 Å². The molecule has 2 aromatic heterocycles. The van der Waals surface area contributed by atoms with Crippen molar-refractivity contribution in [2.45, 2.75) is 97.8 Å². The summed E-state index contributed by atoms with van der Waals surface area (Å²) in [5.74, 6) is -0.459. The second-order valence-corrected chi connectivity index (χ2v) is 14.1. The molecule has 2 unspecified atom stereocenters. The summed E-state index contributed by atoms with van der Waals surface area (Å²) in [7, 11) is 0. The fraction of sp³-hybridized carbons (Fsp3) is 0.690. The van der Waals surface area contributed by atoms with Crippen molar-refractivity contribution in [2.75, 3.05) is 13.2 Å². The number of aliphatic hydroxyl groups excluding tert-OH is 1. The Bertz CT molecular complexity index is 1200. The molecule has 0 radical (unpaired) electrons. The van der Waals surface area contributed by atoms with Crippen LogP contribution in [0.1, 0.15) is 89.3 Å². The van der Waals surface area contributed by atoms with Gasteiger partial charge in [-0.2, -0.15) is 5.10 Å². The number of carbonyl (C=O) groups is 1. The first kappa shape index (κ1) is 26.6. The Morgan fingerprint density at radius 1 is 1.11 bits per heavy atom. The molecule has 2 heterocycles. The molecule has 4 saturated carbocycles. The van der Waals surface area contributed by atoms with Crippen molar-refractivity contribution in [1.82, 2.24) is 14.8 Å². The van der Waals surface area contributed by atoms with Gasteiger partial charge in [-0.05, 0) is 94.6 Å². The third-order valence-electron chi connectivity index (χ3n) is 8.41. The lowest BCUT2D eigenvalue weighted by Gasteiger charge is -2.69. The van der Waals surface area contributed by atoms with Gasteiger partial charge < -0.3 is 14.6 Å². The highest BCUT2D eigenvalue weighted by molar-refractivity contribution is 6.32. The van der Waals surface area contributed by atoms with Gasteiger partial charge in [-0.3, -0.25) is 4.68 Å². The van der Waals surface area contributed by atoms with Crippen LogP contribution in [0.15, 0.2) is 18.2 Å². The highest BCUT2D eigenvalue weighted by atomic mass is 35.5. The Kier molecular flexibility index (Phi) is 6.32. The SMILES string of the molecule is Cc1c(-c2cccc(C(=O)OC(C)(C)C)n2)c(Cl)nn1CC12CC3(C)CC(C)(C1)CC(OCCO)(C3)C2. The minimum Gasteiger partial charge on any atom is -0.455 e. The lowest BCUT2D eigenvalue weighted by atomic mass is 9.39. The maximum atomic E-state index is 12.6. The Balaban J connectivity index is 1.46. The van der Waals surface area contributed by atoms with Crippen molar-refractivity contribution in [3.63, 3.8) is 0 Å². The second-order valence-electron chi connectivity index (χ2n) is 13.8. The molecule has 2 atom stereocenters. The van der Waals surface area contributed by atoms with Crippen LogP contribution in [0.4, 0.5) is 0 Å². The highest BCUT2D eigenvalue weighted by Crippen LogP contribution is 2.72. The smallest absolute Gasteiger partial charge is 0.357 e. The van der Waals surface area contributed by atoms with E-state index in [-0.39, 0.29) is 34.1 Å². The summed E-state index contributed by atoms with van der Waals surface area (Å²) < 4.78 is 14.0. The van der Waals surface area contributed by atoms with E-state index in [0.29, 0.717) is 17.5 Å². The number of carbonyl (C=O) groups excluding carboxylic acids is 1. The first-order valence-electron chi connectivity index (χ1n) is 13.4. The van der Waals surface area contributed by atoms with Crippen LogP contribution in [0.5, 0.6) is 0 Å². The van der Waals surface area contributed by atoms with Gasteiger partial charge in [0.15, 0.2) is 5.15 Å². The zero-order valence-corrected chi connectivity index (χ0v) is 23.7. The lowest BCUT2D eigenvalue weighted by molar-refractivity contribution is -0.250. The van der Waals surface area contributed by atoms with Gasteiger partial charge in [-0.15, -0.1) is 0 Å². The monoisotopic (exact) mass is 529 g/mol. The van der Waals surface area contributed by atoms with Gasteiger partial charge in [-0.25, -0.2) is 9.78 Å². The minimum absolute atomic E-state index is 0.0504. The topological polar surface area (TPSA) is 86.5 Å². The summed E-state index contributed by atoms with van der Waals surface area (Å²) in [6.07, 6.45) is 6.59. The molecule has 0 amide bonds. The molecule has 0 aliphatic heterocycles.